The summed E-state index contributed by atoms with van der Waals surface area (Å²) in [6.07, 6.45) is 5.78. The SMILES string of the molecule is C[n+]1ccn(CCOC(=O)CS)c1.[Br-]. The number of rotatable bonds is 4. The first-order chi connectivity index (χ1) is 6.22. The number of hydrogen-bond acceptors (Lipinski definition) is 3. The van der Waals surface area contributed by atoms with E-state index in [0.717, 1.165) is 0 Å². The highest BCUT2D eigenvalue weighted by Gasteiger charge is 2.02. The molecule has 0 saturated heterocycles. The summed E-state index contributed by atoms with van der Waals surface area (Å²) in [5, 5.41) is 0. The normalized spacial score (nSPS) is 9.29. The van der Waals surface area contributed by atoms with Gasteiger partial charge in [-0.3, -0.25) is 4.79 Å². The van der Waals surface area contributed by atoms with Crippen molar-refractivity contribution in [3.8, 4) is 0 Å². The van der Waals surface area contributed by atoms with Crippen LogP contribution in [-0.4, -0.2) is 22.9 Å². The first-order valence-electron chi connectivity index (χ1n) is 4.00. The lowest BCUT2D eigenvalue weighted by molar-refractivity contribution is -0.671. The van der Waals surface area contributed by atoms with Crippen molar-refractivity contribution in [3.63, 3.8) is 0 Å². The summed E-state index contributed by atoms with van der Waals surface area (Å²) in [5.74, 6) is -0.140. The van der Waals surface area contributed by atoms with Crippen LogP contribution in [0.4, 0.5) is 0 Å². The Morgan fingerprint density at radius 2 is 2.36 bits per heavy atom. The Hall–Kier alpha value is -0.490. The molecule has 6 heteroatoms. The number of aromatic nitrogens is 2. The van der Waals surface area contributed by atoms with E-state index in [1.54, 1.807) is 0 Å². The molecule has 4 nitrogen and oxygen atoms in total. The van der Waals surface area contributed by atoms with Crippen LogP contribution in [0.5, 0.6) is 0 Å². The number of ether oxygens (including phenoxy) is 1. The van der Waals surface area contributed by atoms with Gasteiger partial charge in [-0.1, -0.05) is 0 Å². The first-order valence-corrected chi connectivity index (χ1v) is 4.63. The molecule has 0 bridgehead atoms. The molecule has 0 unspecified atom stereocenters. The monoisotopic (exact) mass is 280 g/mol. The van der Waals surface area contributed by atoms with Crippen molar-refractivity contribution < 1.29 is 31.1 Å². The fraction of sp³-hybridized carbons (Fsp3) is 0.500. The van der Waals surface area contributed by atoms with E-state index in [9.17, 15) is 4.79 Å². The van der Waals surface area contributed by atoms with Crippen LogP contribution < -0.4 is 21.5 Å². The average Bonchev–Trinajstić information content (AvgIpc) is 2.51. The van der Waals surface area contributed by atoms with Gasteiger partial charge in [-0.15, -0.1) is 0 Å². The molecule has 1 rings (SSSR count). The summed E-state index contributed by atoms with van der Waals surface area (Å²) in [4.78, 5) is 10.7. The number of carbonyl (C=O) groups excluding carboxylic acids is 1. The van der Waals surface area contributed by atoms with Crippen LogP contribution in [0.2, 0.25) is 0 Å². The van der Waals surface area contributed by atoms with Crippen LogP contribution in [0.3, 0.4) is 0 Å². The van der Waals surface area contributed by atoms with Gasteiger partial charge in [0.25, 0.3) is 0 Å². The summed E-state index contributed by atoms with van der Waals surface area (Å²) < 4.78 is 8.74. The van der Waals surface area contributed by atoms with Gasteiger partial charge in [-0.2, -0.15) is 12.6 Å². The third-order valence-electron chi connectivity index (χ3n) is 1.57. The Balaban J connectivity index is 0.00000169. The number of nitrogens with zero attached hydrogens (tertiary/aromatic N) is 2. The molecule has 14 heavy (non-hydrogen) atoms. The van der Waals surface area contributed by atoms with E-state index in [-0.39, 0.29) is 28.7 Å². The molecular formula is C8H13BrN2O2S. The summed E-state index contributed by atoms with van der Waals surface area (Å²) in [5.41, 5.74) is 0. The van der Waals surface area contributed by atoms with Gasteiger partial charge < -0.3 is 21.7 Å². The molecule has 0 fully saturated rings. The number of thiol groups is 1. The summed E-state index contributed by atoms with van der Waals surface area (Å²) in [6, 6.07) is 0. The molecule has 0 atom stereocenters. The molecule has 1 aromatic rings. The van der Waals surface area contributed by atoms with Crippen molar-refractivity contribution in [2.24, 2.45) is 7.05 Å². The van der Waals surface area contributed by atoms with Crippen molar-refractivity contribution in [2.45, 2.75) is 6.54 Å². The zero-order chi connectivity index (χ0) is 9.68. The topological polar surface area (TPSA) is 35.1 Å². The molecule has 0 aliphatic carbocycles. The second-order valence-electron chi connectivity index (χ2n) is 2.70. The van der Waals surface area contributed by atoms with E-state index in [2.05, 4.69) is 12.6 Å². The van der Waals surface area contributed by atoms with Gasteiger partial charge in [0.1, 0.15) is 25.5 Å². The molecule has 0 aliphatic rings. The molecule has 0 aliphatic heterocycles. The maximum absolute atomic E-state index is 10.7. The zero-order valence-corrected chi connectivity index (χ0v) is 10.4. The fourth-order valence-corrected chi connectivity index (χ4v) is 1.04. The van der Waals surface area contributed by atoms with Crippen molar-refractivity contribution in [2.75, 3.05) is 12.4 Å². The van der Waals surface area contributed by atoms with Crippen molar-refractivity contribution in [1.29, 1.82) is 0 Å². The van der Waals surface area contributed by atoms with Gasteiger partial charge in [0.15, 0.2) is 0 Å². The average molecular weight is 281 g/mol. The van der Waals surface area contributed by atoms with Gasteiger partial charge in [-0.05, 0) is 0 Å². The van der Waals surface area contributed by atoms with Crippen LogP contribution >= 0.6 is 12.6 Å². The minimum Gasteiger partial charge on any atom is -1.00 e. The Morgan fingerprint density at radius 3 is 2.86 bits per heavy atom. The third kappa shape index (κ3) is 4.66. The van der Waals surface area contributed by atoms with Crippen LogP contribution in [0.15, 0.2) is 18.7 Å². The van der Waals surface area contributed by atoms with Gasteiger partial charge >= 0.3 is 5.97 Å². The van der Waals surface area contributed by atoms with E-state index in [0.29, 0.717) is 13.2 Å². The molecule has 0 spiro atoms. The molecule has 0 radical (unpaired) electrons. The maximum atomic E-state index is 10.7. The number of hydrogen-bond donors (Lipinski definition) is 1. The zero-order valence-electron chi connectivity index (χ0n) is 7.89. The standard InChI is InChI=1S/C8H12N2O2S.BrH/c1-9-2-3-10(7-9)4-5-12-8(11)6-13;/h2-3,7H,4-6H2,1H3;1H. The predicted octanol–water partition coefficient (Wildman–Crippen LogP) is -3.21. The molecule has 1 heterocycles. The van der Waals surface area contributed by atoms with Gasteiger partial charge in [0.2, 0.25) is 6.33 Å². The minimum atomic E-state index is -0.278. The maximum Gasteiger partial charge on any atom is 0.315 e. The largest absolute Gasteiger partial charge is 1.00 e. The lowest BCUT2D eigenvalue weighted by atomic mass is 10.6. The van der Waals surface area contributed by atoms with Crippen LogP contribution in [0, 0.1) is 0 Å². The lowest BCUT2D eigenvalue weighted by Crippen LogP contribution is -3.00. The van der Waals surface area contributed by atoms with E-state index in [1.165, 1.54) is 0 Å². The summed E-state index contributed by atoms with van der Waals surface area (Å²) >= 11 is 3.79. The quantitative estimate of drug-likeness (QED) is 0.358. The fourth-order valence-electron chi connectivity index (χ4n) is 0.945. The van der Waals surface area contributed by atoms with Crippen LogP contribution in [-0.2, 0) is 23.1 Å². The first kappa shape index (κ1) is 13.5. The van der Waals surface area contributed by atoms with Crippen LogP contribution in [0.25, 0.3) is 0 Å². The Morgan fingerprint density at radius 1 is 1.64 bits per heavy atom. The number of halogens is 1. The van der Waals surface area contributed by atoms with Crippen molar-refractivity contribution >= 4 is 18.6 Å². The molecular weight excluding hydrogens is 268 g/mol. The molecule has 0 saturated carbocycles. The highest BCUT2D eigenvalue weighted by molar-refractivity contribution is 7.81. The minimum absolute atomic E-state index is 0. The number of carbonyl (C=O) groups is 1. The number of imidazole rings is 1. The van der Waals surface area contributed by atoms with E-state index in [1.807, 2.05) is 34.9 Å². The van der Waals surface area contributed by atoms with E-state index >= 15 is 0 Å². The summed E-state index contributed by atoms with van der Waals surface area (Å²) in [7, 11) is 1.94. The van der Waals surface area contributed by atoms with E-state index < -0.39 is 0 Å². The predicted molar refractivity (Wildman–Crippen MR) is 50.4 cm³/mol. The van der Waals surface area contributed by atoms with Gasteiger partial charge in [0, 0.05) is 0 Å². The smallest absolute Gasteiger partial charge is 0.315 e. The molecule has 1 aromatic heterocycles. The Kier molecular flexibility index (Phi) is 6.65. The Labute approximate surface area is 99.0 Å². The van der Waals surface area contributed by atoms with Crippen LogP contribution in [0.1, 0.15) is 0 Å². The molecule has 0 N–H and O–H groups in total. The van der Waals surface area contributed by atoms with Crippen molar-refractivity contribution in [3.05, 3.63) is 18.7 Å². The van der Waals surface area contributed by atoms with E-state index in [4.69, 9.17) is 4.74 Å². The summed E-state index contributed by atoms with van der Waals surface area (Å²) in [6.45, 7) is 1.08. The molecule has 0 amide bonds. The highest BCUT2D eigenvalue weighted by Crippen LogP contribution is 1.87. The number of esters is 1. The lowest BCUT2D eigenvalue weighted by Gasteiger charge is -1.99. The second-order valence-corrected chi connectivity index (χ2v) is 3.01. The highest BCUT2D eigenvalue weighted by atomic mass is 79.9. The number of aryl methyl sites for hydroxylation is 1. The molecule has 80 valence electrons. The van der Waals surface area contributed by atoms with Crippen molar-refractivity contribution in [1.82, 2.24) is 4.57 Å². The third-order valence-corrected chi connectivity index (χ3v) is 1.82. The molecule has 0 aromatic carbocycles. The van der Waals surface area contributed by atoms with Gasteiger partial charge in [-0.25, -0.2) is 9.13 Å². The second kappa shape index (κ2) is 6.89. The van der Waals surface area contributed by atoms with Gasteiger partial charge in [0.05, 0.1) is 12.8 Å². The Bertz CT molecular complexity index is 291.